The van der Waals surface area contributed by atoms with Crippen molar-refractivity contribution in [2.24, 2.45) is 0 Å². The molecular weight excluding hydrogens is 328 g/mol. The summed E-state index contributed by atoms with van der Waals surface area (Å²) in [5, 5.41) is 9.93. The number of aromatic carboxylic acids is 1. The number of benzene rings is 2. The summed E-state index contributed by atoms with van der Waals surface area (Å²) in [6, 6.07) is 8.62. The largest absolute Gasteiger partial charge is 0.496 e. The van der Waals surface area contributed by atoms with Crippen molar-refractivity contribution in [1.82, 2.24) is 0 Å². The number of methoxy groups -OCH3 is 1. The van der Waals surface area contributed by atoms with Gasteiger partial charge in [-0.2, -0.15) is 0 Å². The number of carbonyl (C=O) groups excluding carboxylic acids is 1. The number of hydrogen-bond donors (Lipinski definition) is 1. The molecule has 0 aliphatic heterocycles. The van der Waals surface area contributed by atoms with Gasteiger partial charge in [0.05, 0.1) is 18.2 Å². The molecule has 0 aromatic heterocycles. The van der Waals surface area contributed by atoms with Gasteiger partial charge in [0.2, 0.25) is 0 Å². The fourth-order valence-electron chi connectivity index (χ4n) is 2.58. The Morgan fingerprint density at radius 2 is 1.79 bits per heavy atom. The van der Waals surface area contributed by atoms with E-state index in [4.69, 9.17) is 16.3 Å². The van der Waals surface area contributed by atoms with E-state index in [-0.39, 0.29) is 17.1 Å². The molecule has 0 atom stereocenters. The van der Waals surface area contributed by atoms with Crippen LogP contribution in [0.3, 0.4) is 0 Å². The van der Waals surface area contributed by atoms with Crippen molar-refractivity contribution in [2.45, 2.75) is 13.8 Å². The van der Waals surface area contributed by atoms with Crippen molar-refractivity contribution in [3.8, 4) is 5.75 Å². The number of hydrogen-bond acceptors (Lipinski definition) is 3. The van der Waals surface area contributed by atoms with Gasteiger partial charge >= 0.3 is 5.97 Å². The van der Waals surface area contributed by atoms with Crippen molar-refractivity contribution in [2.75, 3.05) is 7.11 Å². The molecule has 5 heteroatoms. The minimum Gasteiger partial charge on any atom is -0.496 e. The summed E-state index contributed by atoms with van der Waals surface area (Å²) in [6.07, 6.45) is 3.11. The van der Waals surface area contributed by atoms with Crippen LogP contribution in [-0.2, 0) is 0 Å². The lowest BCUT2D eigenvalue weighted by Gasteiger charge is -2.14. The van der Waals surface area contributed by atoms with Gasteiger partial charge < -0.3 is 9.84 Å². The number of carboxylic acid groups (broad SMARTS) is 1. The van der Waals surface area contributed by atoms with Gasteiger partial charge in [0.25, 0.3) is 0 Å². The van der Waals surface area contributed by atoms with Crippen LogP contribution in [0.15, 0.2) is 36.4 Å². The Balaban J connectivity index is 2.42. The maximum absolute atomic E-state index is 12.5. The zero-order chi connectivity index (χ0) is 17.9. The second-order valence-corrected chi connectivity index (χ2v) is 5.76. The fraction of sp³-hybridized carbons (Fsp3) is 0.158. The lowest BCUT2D eigenvalue weighted by Crippen LogP contribution is -2.09. The van der Waals surface area contributed by atoms with E-state index in [1.807, 2.05) is 0 Å². The number of halogens is 1. The smallest absolute Gasteiger partial charge is 0.336 e. The number of allylic oxidation sites excluding steroid dienone is 1. The maximum Gasteiger partial charge on any atom is 0.336 e. The van der Waals surface area contributed by atoms with Gasteiger partial charge in [-0.05, 0) is 49.2 Å². The van der Waals surface area contributed by atoms with Crippen LogP contribution in [0.25, 0.3) is 6.08 Å². The first-order chi connectivity index (χ1) is 11.3. The molecule has 0 heterocycles. The van der Waals surface area contributed by atoms with E-state index in [0.717, 1.165) is 5.56 Å². The molecule has 0 unspecified atom stereocenters. The predicted octanol–water partition coefficient (Wildman–Crippen LogP) is 4.56. The first kappa shape index (κ1) is 17.8. The molecule has 4 nitrogen and oxygen atoms in total. The highest BCUT2D eigenvalue weighted by Crippen LogP contribution is 2.30. The minimum atomic E-state index is -1.04. The van der Waals surface area contributed by atoms with Gasteiger partial charge in [-0.25, -0.2) is 4.79 Å². The molecule has 0 saturated carbocycles. The Bertz CT molecular complexity index is 820. The maximum atomic E-state index is 12.5. The Morgan fingerprint density at radius 3 is 2.33 bits per heavy atom. The van der Waals surface area contributed by atoms with Gasteiger partial charge in [-0.1, -0.05) is 29.8 Å². The minimum absolute atomic E-state index is 0.157. The van der Waals surface area contributed by atoms with Crippen LogP contribution in [0.2, 0.25) is 5.02 Å². The highest BCUT2D eigenvalue weighted by Gasteiger charge is 2.21. The Morgan fingerprint density at radius 1 is 1.17 bits per heavy atom. The molecule has 0 aliphatic rings. The van der Waals surface area contributed by atoms with Crippen molar-refractivity contribution in [1.29, 1.82) is 0 Å². The Labute approximate surface area is 145 Å². The van der Waals surface area contributed by atoms with E-state index in [9.17, 15) is 14.7 Å². The topological polar surface area (TPSA) is 63.6 Å². The van der Waals surface area contributed by atoms with Crippen molar-refractivity contribution in [3.63, 3.8) is 0 Å². The lowest BCUT2D eigenvalue weighted by molar-refractivity contribution is 0.0694. The Kier molecular flexibility index (Phi) is 5.42. The molecule has 124 valence electrons. The van der Waals surface area contributed by atoms with E-state index < -0.39 is 5.97 Å². The van der Waals surface area contributed by atoms with Crippen LogP contribution >= 0.6 is 11.6 Å². The molecule has 2 rings (SSSR count). The summed E-state index contributed by atoms with van der Waals surface area (Å²) in [7, 11) is 1.42. The molecule has 24 heavy (non-hydrogen) atoms. The van der Waals surface area contributed by atoms with E-state index in [0.29, 0.717) is 21.7 Å². The summed E-state index contributed by atoms with van der Waals surface area (Å²) >= 11 is 5.83. The molecule has 0 spiro atoms. The Hall–Kier alpha value is -2.59. The molecule has 1 N–H and O–H groups in total. The van der Waals surface area contributed by atoms with Gasteiger partial charge in [0, 0.05) is 10.6 Å². The number of aryl methyl sites for hydroxylation is 1. The van der Waals surface area contributed by atoms with Crippen LogP contribution < -0.4 is 4.74 Å². The standard InChI is InChI=1S/C19H17ClO4/c1-11-10-15(18(24-3)12(2)17(11)19(22)23)16(21)9-6-13-4-7-14(20)8-5-13/h4-10H,1-3H3,(H,22,23). The normalized spacial score (nSPS) is 10.8. The molecule has 0 saturated heterocycles. The quantitative estimate of drug-likeness (QED) is 0.638. The number of carbonyl (C=O) groups is 2. The third kappa shape index (κ3) is 3.66. The summed E-state index contributed by atoms with van der Waals surface area (Å²) in [4.78, 5) is 23.9. The molecule has 2 aromatic carbocycles. The second-order valence-electron chi connectivity index (χ2n) is 5.33. The number of rotatable bonds is 5. The predicted molar refractivity (Wildman–Crippen MR) is 94.2 cm³/mol. The van der Waals surface area contributed by atoms with Crippen LogP contribution in [0.1, 0.15) is 37.4 Å². The molecule has 0 amide bonds. The second kappa shape index (κ2) is 7.32. The monoisotopic (exact) mass is 344 g/mol. The SMILES string of the molecule is COc1c(C(=O)C=Cc2ccc(Cl)cc2)cc(C)c(C(=O)O)c1C. The molecule has 0 fully saturated rings. The first-order valence-corrected chi connectivity index (χ1v) is 7.62. The number of ether oxygens (including phenoxy) is 1. The average Bonchev–Trinajstić information content (AvgIpc) is 2.53. The highest BCUT2D eigenvalue weighted by atomic mass is 35.5. The molecular formula is C19H17ClO4. The summed E-state index contributed by atoms with van der Waals surface area (Å²) < 4.78 is 5.28. The number of ketones is 1. The van der Waals surface area contributed by atoms with Crippen molar-refractivity contribution < 1.29 is 19.4 Å². The van der Waals surface area contributed by atoms with Crippen LogP contribution in [-0.4, -0.2) is 24.0 Å². The van der Waals surface area contributed by atoms with Gasteiger partial charge in [0.15, 0.2) is 5.78 Å². The molecule has 0 radical (unpaired) electrons. The van der Waals surface area contributed by atoms with Gasteiger partial charge in [-0.15, -0.1) is 0 Å². The number of carboxylic acids is 1. The third-order valence-electron chi connectivity index (χ3n) is 3.70. The average molecular weight is 345 g/mol. The van der Waals surface area contributed by atoms with Crippen LogP contribution in [0, 0.1) is 13.8 Å². The van der Waals surface area contributed by atoms with E-state index in [1.54, 1.807) is 50.3 Å². The van der Waals surface area contributed by atoms with Crippen molar-refractivity contribution in [3.05, 3.63) is 69.2 Å². The van der Waals surface area contributed by atoms with E-state index in [2.05, 4.69) is 0 Å². The molecule has 0 bridgehead atoms. The van der Waals surface area contributed by atoms with Gasteiger partial charge in [0.1, 0.15) is 5.75 Å². The highest BCUT2D eigenvalue weighted by molar-refractivity contribution is 6.30. The summed E-state index contributed by atoms with van der Waals surface area (Å²) in [5.41, 5.74) is 2.28. The lowest BCUT2D eigenvalue weighted by atomic mass is 9.95. The summed E-state index contributed by atoms with van der Waals surface area (Å²) in [6.45, 7) is 3.30. The van der Waals surface area contributed by atoms with Crippen LogP contribution in [0.5, 0.6) is 5.75 Å². The first-order valence-electron chi connectivity index (χ1n) is 7.24. The third-order valence-corrected chi connectivity index (χ3v) is 3.95. The van der Waals surface area contributed by atoms with Crippen molar-refractivity contribution >= 4 is 29.4 Å². The van der Waals surface area contributed by atoms with E-state index >= 15 is 0 Å². The fourth-order valence-corrected chi connectivity index (χ4v) is 2.70. The van der Waals surface area contributed by atoms with Crippen LogP contribution in [0.4, 0.5) is 0 Å². The van der Waals surface area contributed by atoms with Gasteiger partial charge in [-0.3, -0.25) is 4.79 Å². The molecule has 0 aliphatic carbocycles. The zero-order valence-electron chi connectivity index (χ0n) is 13.6. The zero-order valence-corrected chi connectivity index (χ0v) is 14.3. The molecule has 2 aromatic rings. The van der Waals surface area contributed by atoms with E-state index in [1.165, 1.54) is 13.2 Å². The summed E-state index contributed by atoms with van der Waals surface area (Å²) in [5.74, 6) is -1.02.